The second kappa shape index (κ2) is 6.01. The molecule has 0 aliphatic carbocycles. The predicted octanol–water partition coefficient (Wildman–Crippen LogP) is 2.10. The van der Waals surface area contributed by atoms with E-state index in [4.69, 9.17) is 9.26 Å². The average Bonchev–Trinajstić information content (AvgIpc) is 3.10. The van der Waals surface area contributed by atoms with Crippen LogP contribution in [0.5, 0.6) is 0 Å². The molecule has 0 spiro atoms. The molecule has 1 aromatic rings. The minimum absolute atomic E-state index is 0.0594. The van der Waals surface area contributed by atoms with Crippen molar-refractivity contribution in [2.45, 2.75) is 45.1 Å². The molecular formula is C14H23N3O2. The van der Waals surface area contributed by atoms with E-state index in [9.17, 15) is 0 Å². The zero-order valence-electron chi connectivity index (χ0n) is 11.6. The normalized spacial score (nSPS) is 29.5. The summed E-state index contributed by atoms with van der Waals surface area (Å²) in [5.41, 5.74) is 0. The Hall–Kier alpha value is -0.940. The fourth-order valence-corrected chi connectivity index (χ4v) is 3.07. The molecule has 3 atom stereocenters. The second-order valence-corrected chi connectivity index (χ2v) is 5.84. The average molecular weight is 265 g/mol. The number of nitrogens with zero attached hydrogens (tertiary/aromatic N) is 2. The Kier molecular flexibility index (Phi) is 4.13. The SMILES string of the molecule is CC(Cc1nc(C2CCCO2)no1)C1CCCNC1. The van der Waals surface area contributed by atoms with Crippen molar-refractivity contribution in [2.24, 2.45) is 11.8 Å². The van der Waals surface area contributed by atoms with Gasteiger partial charge >= 0.3 is 0 Å². The standard InChI is InChI=1S/C14H23N3O2/c1-10(11-4-2-6-15-9-11)8-13-16-14(17-19-13)12-5-3-7-18-12/h10-12,15H,2-9H2,1H3. The third kappa shape index (κ3) is 3.15. The van der Waals surface area contributed by atoms with E-state index in [-0.39, 0.29) is 6.10 Å². The number of aromatic nitrogens is 2. The molecule has 5 nitrogen and oxygen atoms in total. The monoisotopic (exact) mass is 265 g/mol. The summed E-state index contributed by atoms with van der Waals surface area (Å²) in [6.45, 7) is 5.38. The first kappa shape index (κ1) is 13.1. The minimum Gasteiger partial charge on any atom is -0.370 e. The van der Waals surface area contributed by atoms with Crippen molar-refractivity contribution in [1.82, 2.24) is 15.5 Å². The van der Waals surface area contributed by atoms with Crippen molar-refractivity contribution in [3.05, 3.63) is 11.7 Å². The van der Waals surface area contributed by atoms with Crippen LogP contribution < -0.4 is 5.32 Å². The van der Waals surface area contributed by atoms with Gasteiger partial charge < -0.3 is 14.6 Å². The fraction of sp³-hybridized carbons (Fsp3) is 0.857. The third-order valence-corrected chi connectivity index (χ3v) is 4.34. The summed E-state index contributed by atoms with van der Waals surface area (Å²) in [5, 5.41) is 7.53. The van der Waals surface area contributed by atoms with Gasteiger partial charge in [0.2, 0.25) is 11.7 Å². The van der Waals surface area contributed by atoms with Crippen LogP contribution >= 0.6 is 0 Å². The van der Waals surface area contributed by atoms with Crippen LogP contribution in [0.4, 0.5) is 0 Å². The van der Waals surface area contributed by atoms with Gasteiger partial charge in [0.05, 0.1) is 0 Å². The van der Waals surface area contributed by atoms with Crippen molar-refractivity contribution in [3.8, 4) is 0 Å². The van der Waals surface area contributed by atoms with E-state index in [1.165, 1.54) is 12.8 Å². The molecule has 0 amide bonds. The highest BCUT2D eigenvalue weighted by Crippen LogP contribution is 2.27. The van der Waals surface area contributed by atoms with Gasteiger partial charge in [-0.1, -0.05) is 12.1 Å². The van der Waals surface area contributed by atoms with Gasteiger partial charge in [-0.15, -0.1) is 0 Å². The summed E-state index contributed by atoms with van der Waals surface area (Å²) in [7, 11) is 0. The van der Waals surface area contributed by atoms with E-state index in [0.29, 0.717) is 5.92 Å². The zero-order valence-corrected chi connectivity index (χ0v) is 11.6. The van der Waals surface area contributed by atoms with Crippen LogP contribution in [0.1, 0.15) is 50.4 Å². The lowest BCUT2D eigenvalue weighted by atomic mass is 9.85. The molecule has 2 aliphatic heterocycles. The summed E-state index contributed by atoms with van der Waals surface area (Å²) in [4.78, 5) is 4.50. The second-order valence-electron chi connectivity index (χ2n) is 5.84. The largest absolute Gasteiger partial charge is 0.370 e. The van der Waals surface area contributed by atoms with Crippen molar-refractivity contribution in [2.75, 3.05) is 19.7 Å². The molecule has 1 N–H and O–H groups in total. The highest BCUT2D eigenvalue weighted by atomic mass is 16.5. The van der Waals surface area contributed by atoms with Crippen LogP contribution in [0.25, 0.3) is 0 Å². The molecule has 5 heteroatoms. The van der Waals surface area contributed by atoms with E-state index < -0.39 is 0 Å². The molecule has 3 rings (SSSR count). The molecule has 106 valence electrons. The zero-order chi connectivity index (χ0) is 13.1. The van der Waals surface area contributed by atoms with Gasteiger partial charge in [0.1, 0.15) is 6.10 Å². The van der Waals surface area contributed by atoms with E-state index in [2.05, 4.69) is 22.4 Å². The molecule has 2 fully saturated rings. The molecule has 2 aliphatic rings. The number of hydrogen-bond donors (Lipinski definition) is 1. The summed E-state index contributed by atoms with van der Waals surface area (Å²) in [6, 6.07) is 0. The Morgan fingerprint density at radius 3 is 3.05 bits per heavy atom. The van der Waals surface area contributed by atoms with Crippen molar-refractivity contribution in [3.63, 3.8) is 0 Å². The Morgan fingerprint density at radius 2 is 2.32 bits per heavy atom. The van der Waals surface area contributed by atoms with Gasteiger partial charge in [-0.25, -0.2) is 0 Å². The first-order valence-electron chi connectivity index (χ1n) is 7.47. The van der Waals surface area contributed by atoms with Gasteiger partial charge in [-0.3, -0.25) is 0 Å². The van der Waals surface area contributed by atoms with Crippen LogP contribution in [0.3, 0.4) is 0 Å². The lowest BCUT2D eigenvalue weighted by molar-refractivity contribution is 0.103. The molecule has 0 saturated carbocycles. The quantitative estimate of drug-likeness (QED) is 0.903. The van der Waals surface area contributed by atoms with Gasteiger partial charge in [-0.05, 0) is 50.6 Å². The molecule has 19 heavy (non-hydrogen) atoms. The lowest BCUT2D eigenvalue weighted by Gasteiger charge is -2.27. The molecular weight excluding hydrogens is 242 g/mol. The van der Waals surface area contributed by atoms with Crippen LogP contribution in [-0.2, 0) is 11.2 Å². The van der Waals surface area contributed by atoms with E-state index in [1.807, 2.05) is 0 Å². The van der Waals surface area contributed by atoms with Gasteiger partial charge in [-0.2, -0.15) is 4.98 Å². The molecule has 2 saturated heterocycles. The van der Waals surface area contributed by atoms with Crippen molar-refractivity contribution in [1.29, 1.82) is 0 Å². The molecule has 0 aromatic carbocycles. The first-order chi connectivity index (χ1) is 9.33. The van der Waals surface area contributed by atoms with Gasteiger partial charge in [0.25, 0.3) is 0 Å². The summed E-state index contributed by atoms with van der Waals surface area (Å²) < 4.78 is 11.0. The summed E-state index contributed by atoms with van der Waals surface area (Å²) in [5.74, 6) is 2.82. The van der Waals surface area contributed by atoms with Crippen LogP contribution in [0.15, 0.2) is 4.52 Å². The fourth-order valence-electron chi connectivity index (χ4n) is 3.07. The summed E-state index contributed by atoms with van der Waals surface area (Å²) in [6.07, 6.45) is 5.64. The van der Waals surface area contributed by atoms with Gasteiger partial charge in [0, 0.05) is 13.0 Å². The number of hydrogen-bond acceptors (Lipinski definition) is 5. The third-order valence-electron chi connectivity index (χ3n) is 4.34. The molecule has 3 unspecified atom stereocenters. The van der Waals surface area contributed by atoms with Crippen LogP contribution in [-0.4, -0.2) is 29.8 Å². The Labute approximate surface area is 114 Å². The number of piperidine rings is 1. The van der Waals surface area contributed by atoms with Crippen LogP contribution in [0.2, 0.25) is 0 Å². The number of ether oxygens (including phenoxy) is 1. The van der Waals surface area contributed by atoms with E-state index in [0.717, 1.165) is 56.6 Å². The maximum Gasteiger partial charge on any atom is 0.227 e. The molecule has 3 heterocycles. The highest BCUT2D eigenvalue weighted by Gasteiger charge is 2.25. The van der Waals surface area contributed by atoms with E-state index in [1.54, 1.807) is 0 Å². The molecule has 1 aromatic heterocycles. The Bertz CT molecular complexity index is 395. The topological polar surface area (TPSA) is 60.2 Å². The Morgan fingerprint density at radius 1 is 1.37 bits per heavy atom. The van der Waals surface area contributed by atoms with Crippen molar-refractivity contribution >= 4 is 0 Å². The van der Waals surface area contributed by atoms with Crippen molar-refractivity contribution < 1.29 is 9.26 Å². The lowest BCUT2D eigenvalue weighted by Crippen LogP contribution is -2.33. The maximum atomic E-state index is 5.58. The molecule has 0 bridgehead atoms. The number of rotatable bonds is 4. The number of nitrogens with one attached hydrogen (secondary N) is 1. The smallest absolute Gasteiger partial charge is 0.227 e. The van der Waals surface area contributed by atoms with Gasteiger partial charge in [0.15, 0.2) is 0 Å². The first-order valence-corrected chi connectivity index (χ1v) is 7.47. The summed E-state index contributed by atoms with van der Waals surface area (Å²) >= 11 is 0. The minimum atomic E-state index is 0.0594. The highest BCUT2D eigenvalue weighted by molar-refractivity contribution is 4.94. The maximum absolute atomic E-state index is 5.58. The Balaban J connectivity index is 1.56. The molecule has 0 radical (unpaired) electrons. The predicted molar refractivity (Wildman–Crippen MR) is 70.7 cm³/mol. The van der Waals surface area contributed by atoms with Crippen LogP contribution in [0, 0.1) is 11.8 Å². The van der Waals surface area contributed by atoms with E-state index >= 15 is 0 Å².